The van der Waals surface area contributed by atoms with Gasteiger partial charge in [-0.15, -0.1) is 12.4 Å². The maximum atomic E-state index is 13.2. The molecule has 2 aliphatic rings. The van der Waals surface area contributed by atoms with Crippen molar-refractivity contribution in [1.29, 1.82) is 0 Å². The second kappa shape index (κ2) is 9.57. The molecular weight excluding hydrogens is 372 g/mol. The highest BCUT2D eigenvalue weighted by Gasteiger charge is 2.30. The van der Waals surface area contributed by atoms with Crippen LogP contribution in [0.3, 0.4) is 0 Å². The third-order valence-corrected chi connectivity index (χ3v) is 6.00. The molecular formula is C22H31ClN4O. The van der Waals surface area contributed by atoms with Gasteiger partial charge in [0.2, 0.25) is 5.91 Å². The number of rotatable bonds is 6. The molecule has 1 fully saturated rings. The first kappa shape index (κ1) is 20.9. The van der Waals surface area contributed by atoms with Gasteiger partial charge in [0.15, 0.2) is 0 Å². The normalized spacial score (nSPS) is 19.1. The number of halogens is 1. The number of benzene rings is 1. The highest BCUT2D eigenvalue weighted by atomic mass is 35.5. The Morgan fingerprint density at radius 1 is 1.25 bits per heavy atom. The van der Waals surface area contributed by atoms with E-state index < -0.39 is 0 Å². The summed E-state index contributed by atoms with van der Waals surface area (Å²) in [7, 11) is 0. The van der Waals surface area contributed by atoms with Gasteiger partial charge >= 0.3 is 0 Å². The van der Waals surface area contributed by atoms with Gasteiger partial charge in [-0.3, -0.25) is 9.48 Å². The third-order valence-electron chi connectivity index (χ3n) is 6.00. The number of hydrogen-bond donors (Lipinski definition) is 1. The van der Waals surface area contributed by atoms with E-state index in [0.29, 0.717) is 12.5 Å². The van der Waals surface area contributed by atoms with E-state index in [0.717, 1.165) is 38.9 Å². The van der Waals surface area contributed by atoms with Gasteiger partial charge in [0.25, 0.3) is 0 Å². The van der Waals surface area contributed by atoms with Crippen LogP contribution in [0.1, 0.15) is 48.9 Å². The molecule has 5 nitrogen and oxygen atoms in total. The van der Waals surface area contributed by atoms with Crippen molar-refractivity contribution in [3.8, 4) is 0 Å². The van der Waals surface area contributed by atoms with Gasteiger partial charge in [-0.2, -0.15) is 5.10 Å². The predicted molar refractivity (Wildman–Crippen MR) is 114 cm³/mol. The molecule has 28 heavy (non-hydrogen) atoms. The molecule has 0 radical (unpaired) electrons. The number of aromatic nitrogens is 2. The van der Waals surface area contributed by atoms with Crippen molar-refractivity contribution in [2.75, 3.05) is 19.6 Å². The lowest BCUT2D eigenvalue weighted by Gasteiger charge is -2.30. The minimum Gasteiger partial charge on any atom is -0.337 e. The molecule has 2 aromatic rings. The van der Waals surface area contributed by atoms with Crippen molar-refractivity contribution in [3.05, 3.63) is 53.3 Å². The lowest BCUT2D eigenvalue weighted by molar-refractivity contribution is -0.134. The van der Waals surface area contributed by atoms with Gasteiger partial charge in [0, 0.05) is 36.9 Å². The molecule has 6 heteroatoms. The van der Waals surface area contributed by atoms with E-state index in [1.165, 1.54) is 29.7 Å². The van der Waals surface area contributed by atoms with Crippen molar-refractivity contribution >= 4 is 18.3 Å². The summed E-state index contributed by atoms with van der Waals surface area (Å²) < 4.78 is 1.94. The summed E-state index contributed by atoms with van der Waals surface area (Å²) in [5, 5.41) is 7.95. The average Bonchev–Trinajstić information content (AvgIpc) is 3.33. The van der Waals surface area contributed by atoms with Crippen molar-refractivity contribution in [1.82, 2.24) is 20.0 Å². The van der Waals surface area contributed by atoms with Crippen LogP contribution in [0.4, 0.5) is 0 Å². The molecule has 0 saturated carbocycles. The molecule has 1 amide bonds. The molecule has 2 heterocycles. The minimum absolute atomic E-state index is 0. The van der Waals surface area contributed by atoms with Crippen LogP contribution in [0.2, 0.25) is 0 Å². The summed E-state index contributed by atoms with van der Waals surface area (Å²) in [4.78, 5) is 15.3. The second-order valence-corrected chi connectivity index (χ2v) is 7.87. The molecule has 1 aliphatic heterocycles. The Balaban J connectivity index is 0.00000225. The van der Waals surface area contributed by atoms with Crippen LogP contribution in [0.5, 0.6) is 0 Å². The van der Waals surface area contributed by atoms with Crippen LogP contribution in [-0.4, -0.2) is 46.3 Å². The van der Waals surface area contributed by atoms with Crippen LogP contribution < -0.4 is 5.32 Å². The smallest absolute Gasteiger partial charge is 0.244 e. The zero-order chi connectivity index (χ0) is 18.6. The molecule has 1 atom stereocenters. The Morgan fingerprint density at radius 2 is 2.00 bits per heavy atom. The van der Waals surface area contributed by atoms with Gasteiger partial charge in [-0.1, -0.05) is 31.2 Å². The van der Waals surface area contributed by atoms with Crippen LogP contribution in [-0.2, 0) is 24.2 Å². The summed E-state index contributed by atoms with van der Waals surface area (Å²) in [6, 6.07) is 11.0. The number of hydrogen-bond acceptors (Lipinski definition) is 3. The van der Waals surface area contributed by atoms with Gasteiger partial charge in [-0.25, -0.2) is 0 Å². The molecule has 1 unspecified atom stereocenters. The monoisotopic (exact) mass is 402 g/mol. The number of nitrogens with one attached hydrogen (secondary N) is 1. The van der Waals surface area contributed by atoms with E-state index in [-0.39, 0.29) is 24.4 Å². The Hall–Kier alpha value is -1.85. The van der Waals surface area contributed by atoms with Gasteiger partial charge in [0.1, 0.15) is 6.54 Å². The van der Waals surface area contributed by atoms with Crippen LogP contribution in [0.25, 0.3) is 0 Å². The van der Waals surface area contributed by atoms with E-state index in [1.807, 2.05) is 10.9 Å². The van der Waals surface area contributed by atoms with Crippen molar-refractivity contribution < 1.29 is 4.79 Å². The van der Waals surface area contributed by atoms with E-state index in [2.05, 4.69) is 52.6 Å². The fourth-order valence-electron chi connectivity index (χ4n) is 4.65. The lowest BCUT2D eigenvalue weighted by Crippen LogP contribution is -2.43. The molecule has 1 aromatic heterocycles. The first-order valence-electron chi connectivity index (χ1n) is 10.3. The number of nitrogens with zero attached hydrogens (tertiary/aromatic N) is 3. The summed E-state index contributed by atoms with van der Waals surface area (Å²) in [6.07, 6.45) is 7.13. The first-order chi connectivity index (χ1) is 13.3. The first-order valence-corrected chi connectivity index (χ1v) is 10.3. The molecule has 152 valence electrons. The number of piperidine rings is 1. The largest absolute Gasteiger partial charge is 0.337 e. The van der Waals surface area contributed by atoms with Crippen molar-refractivity contribution in [3.63, 3.8) is 0 Å². The molecule has 1 saturated heterocycles. The molecule has 1 aliphatic carbocycles. The van der Waals surface area contributed by atoms with Crippen LogP contribution in [0.15, 0.2) is 36.5 Å². The van der Waals surface area contributed by atoms with Crippen molar-refractivity contribution in [2.45, 2.75) is 57.5 Å². The zero-order valence-electron chi connectivity index (χ0n) is 16.6. The Labute approximate surface area is 173 Å². The molecule has 1 aromatic carbocycles. The van der Waals surface area contributed by atoms with Crippen LogP contribution >= 0.6 is 12.4 Å². The fraction of sp³-hybridized carbons (Fsp3) is 0.545. The van der Waals surface area contributed by atoms with Gasteiger partial charge in [-0.05, 0) is 55.8 Å². The zero-order valence-corrected chi connectivity index (χ0v) is 17.5. The van der Waals surface area contributed by atoms with E-state index >= 15 is 0 Å². The van der Waals surface area contributed by atoms with Gasteiger partial charge in [0.05, 0.1) is 0 Å². The Morgan fingerprint density at radius 3 is 2.64 bits per heavy atom. The Bertz CT molecular complexity index is 759. The standard InChI is InChI=1S/C22H30N4O.ClH/c1-2-12-25(20-13-17-6-3-4-7-18(17)14-20)22(27)16-26-21(9-11-24-26)19-8-5-10-23-15-19;/h3-4,6-7,9,11,19-20,23H,2,5,8,10,12-16H2,1H3;1H. The quantitative estimate of drug-likeness (QED) is 0.807. The molecule has 0 spiro atoms. The average molecular weight is 403 g/mol. The topological polar surface area (TPSA) is 50.2 Å². The summed E-state index contributed by atoms with van der Waals surface area (Å²) >= 11 is 0. The lowest BCUT2D eigenvalue weighted by atomic mass is 9.96. The summed E-state index contributed by atoms with van der Waals surface area (Å²) in [5.74, 6) is 0.660. The highest BCUT2D eigenvalue weighted by Crippen LogP contribution is 2.27. The molecule has 4 rings (SSSR count). The Kier molecular flexibility index (Phi) is 7.13. The maximum absolute atomic E-state index is 13.2. The summed E-state index contributed by atoms with van der Waals surface area (Å²) in [5.41, 5.74) is 3.98. The minimum atomic E-state index is 0. The maximum Gasteiger partial charge on any atom is 0.244 e. The second-order valence-electron chi connectivity index (χ2n) is 7.87. The predicted octanol–water partition coefficient (Wildman–Crippen LogP) is 3.18. The number of fused-ring (bicyclic) bond motifs is 1. The van der Waals surface area contributed by atoms with E-state index in [9.17, 15) is 4.79 Å². The molecule has 0 bridgehead atoms. The van der Waals surface area contributed by atoms with E-state index in [4.69, 9.17) is 0 Å². The fourth-order valence-corrected chi connectivity index (χ4v) is 4.65. The SMILES string of the molecule is CCCN(C(=O)Cn1nccc1C1CCCNC1)C1Cc2ccccc2C1.Cl. The number of carbonyl (C=O) groups is 1. The van der Waals surface area contributed by atoms with Crippen LogP contribution in [0, 0.1) is 0 Å². The van der Waals surface area contributed by atoms with E-state index in [1.54, 1.807) is 0 Å². The van der Waals surface area contributed by atoms with Gasteiger partial charge < -0.3 is 10.2 Å². The number of carbonyl (C=O) groups excluding carboxylic acids is 1. The summed E-state index contributed by atoms with van der Waals surface area (Å²) in [6.45, 7) is 5.40. The highest BCUT2D eigenvalue weighted by molar-refractivity contribution is 5.85. The third kappa shape index (κ3) is 4.41. The van der Waals surface area contributed by atoms with Crippen molar-refractivity contribution in [2.24, 2.45) is 0 Å². The molecule has 1 N–H and O–H groups in total. The number of amides is 1.